The topological polar surface area (TPSA) is 66.8 Å². The number of carbonyl (C=O) groups excluding carboxylic acids is 2. The highest BCUT2D eigenvalue weighted by Crippen LogP contribution is 2.42. The summed E-state index contributed by atoms with van der Waals surface area (Å²) in [6, 6.07) is 23.1. The van der Waals surface area contributed by atoms with E-state index in [1.165, 1.54) is 4.90 Å². The van der Waals surface area contributed by atoms with Gasteiger partial charge < -0.3 is 9.84 Å². The summed E-state index contributed by atoms with van der Waals surface area (Å²) in [5.41, 5.74) is 3.02. The fourth-order valence-electron chi connectivity index (χ4n) is 4.19. The van der Waals surface area contributed by atoms with E-state index >= 15 is 0 Å². The van der Waals surface area contributed by atoms with Gasteiger partial charge in [0.25, 0.3) is 11.7 Å². The highest BCUT2D eigenvalue weighted by molar-refractivity contribution is 6.51. The summed E-state index contributed by atoms with van der Waals surface area (Å²) in [5.74, 6) is -0.562. The summed E-state index contributed by atoms with van der Waals surface area (Å²) in [4.78, 5) is 28.0. The summed E-state index contributed by atoms with van der Waals surface area (Å²) in [6.07, 6.45) is 0.0185. The first-order chi connectivity index (χ1) is 16.3. The molecule has 4 rings (SSSR count). The zero-order valence-electron chi connectivity index (χ0n) is 19.9. The lowest BCUT2D eigenvalue weighted by Gasteiger charge is -2.25. The molecule has 0 aromatic heterocycles. The number of hydrogen-bond donors (Lipinski definition) is 1. The van der Waals surface area contributed by atoms with E-state index in [9.17, 15) is 14.7 Å². The maximum absolute atomic E-state index is 13.2. The average molecular weight is 456 g/mol. The second kappa shape index (κ2) is 9.56. The minimum atomic E-state index is -0.738. The Morgan fingerprint density at radius 1 is 0.853 bits per heavy atom. The number of benzene rings is 3. The lowest BCUT2D eigenvalue weighted by atomic mass is 9.95. The van der Waals surface area contributed by atoms with E-state index in [1.807, 2.05) is 68.4 Å². The molecule has 3 aromatic carbocycles. The fourth-order valence-corrected chi connectivity index (χ4v) is 4.19. The highest BCUT2D eigenvalue weighted by Gasteiger charge is 2.46. The van der Waals surface area contributed by atoms with Crippen LogP contribution in [0.25, 0.3) is 5.76 Å². The zero-order chi connectivity index (χ0) is 24.4. The number of hydrogen-bond acceptors (Lipinski definition) is 4. The Kier molecular flexibility index (Phi) is 6.55. The number of nitrogens with zero attached hydrogens (tertiary/aromatic N) is 1. The van der Waals surface area contributed by atoms with Gasteiger partial charge in [-0.25, -0.2) is 0 Å². The van der Waals surface area contributed by atoms with Crippen molar-refractivity contribution >= 4 is 23.1 Å². The lowest BCUT2D eigenvalue weighted by Crippen LogP contribution is -2.29. The van der Waals surface area contributed by atoms with Crippen LogP contribution in [-0.2, 0) is 9.59 Å². The number of aliphatic hydroxyl groups is 1. The van der Waals surface area contributed by atoms with Crippen molar-refractivity contribution in [2.24, 2.45) is 0 Å². The van der Waals surface area contributed by atoms with Crippen molar-refractivity contribution in [3.63, 3.8) is 0 Å². The van der Waals surface area contributed by atoms with Gasteiger partial charge >= 0.3 is 0 Å². The number of ketones is 1. The van der Waals surface area contributed by atoms with Crippen molar-refractivity contribution in [2.45, 2.75) is 45.8 Å². The van der Waals surface area contributed by atoms with Crippen molar-refractivity contribution in [3.8, 4) is 5.75 Å². The van der Waals surface area contributed by atoms with Crippen molar-refractivity contribution in [2.75, 3.05) is 4.90 Å². The number of aliphatic hydroxyl groups excluding tert-OH is 1. The Labute approximate surface area is 200 Å². The van der Waals surface area contributed by atoms with Gasteiger partial charge in [0.05, 0.1) is 17.7 Å². The van der Waals surface area contributed by atoms with Gasteiger partial charge in [0.1, 0.15) is 11.5 Å². The number of rotatable bonds is 6. The molecule has 0 aliphatic carbocycles. The van der Waals surface area contributed by atoms with Crippen LogP contribution in [0.15, 0.2) is 84.4 Å². The summed E-state index contributed by atoms with van der Waals surface area (Å²) in [7, 11) is 0. The van der Waals surface area contributed by atoms with E-state index in [0.717, 1.165) is 11.1 Å². The molecular weight excluding hydrogens is 426 g/mol. The third-order valence-electron chi connectivity index (χ3n) is 5.90. The molecule has 1 atom stereocenters. The molecule has 34 heavy (non-hydrogen) atoms. The molecule has 0 spiro atoms. The predicted octanol–water partition coefficient (Wildman–Crippen LogP) is 6.22. The molecule has 5 nitrogen and oxygen atoms in total. The Morgan fingerprint density at radius 3 is 2.03 bits per heavy atom. The molecule has 1 fully saturated rings. The predicted molar refractivity (Wildman–Crippen MR) is 134 cm³/mol. The summed E-state index contributed by atoms with van der Waals surface area (Å²) < 4.78 is 5.68. The quantitative estimate of drug-likeness (QED) is 0.272. The molecule has 1 aliphatic rings. The van der Waals surface area contributed by atoms with E-state index in [-0.39, 0.29) is 17.4 Å². The van der Waals surface area contributed by atoms with Gasteiger partial charge in [-0.2, -0.15) is 0 Å². The van der Waals surface area contributed by atoms with Crippen LogP contribution < -0.4 is 9.64 Å². The van der Waals surface area contributed by atoms with Gasteiger partial charge in [0, 0.05) is 11.3 Å². The van der Waals surface area contributed by atoms with Crippen LogP contribution in [0, 0.1) is 0 Å². The maximum atomic E-state index is 13.2. The zero-order valence-corrected chi connectivity index (χ0v) is 19.9. The van der Waals surface area contributed by atoms with Crippen molar-refractivity contribution in [1.82, 2.24) is 0 Å². The normalized spacial score (nSPS) is 17.6. The van der Waals surface area contributed by atoms with Gasteiger partial charge in [-0.3, -0.25) is 14.5 Å². The van der Waals surface area contributed by atoms with E-state index in [4.69, 9.17) is 4.74 Å². The summed E-state index contributed by atoms with van der Waals surface area (Å²) in [5, 5.41) is 11.2. The molecule has 3 aromatic rings. The molecule has 1 unspecified atom stereocenters. The van der Waals surface area contributed by atoms with Crippen LogP contribution >= 0.6 is 0 Å². The second-order valence-corrected chi connectivity index (χ2v) is 9.02. The first-order valence-electron chi connectivity index (χ1n) is 11.5. The third kappa shape index (κ3) is 4.46. The van der Waals surface area contributed by atoms with Gasteiger partial charge in [-0.1, -0.05) is 56.3 Å². The van der Waals surface area contributed by atoms with E-state index in [1.54, 1.807) is 24.3 Å². The molecule has 0 saturated carbocycles. The minimum Gasteiger partial charge on any atom is -0.507 e. The monoisotopic (exact) mass is 455 g/mol. The molecule has 1 amide bonds. The second-order valence-electron chi connectivity index (χ2n) is 9.02. The number of Topliss-reactive ketones (excluding diaryl/α,β-unsaturated/α-hetero) is 1. The highest BCUT2D eigenvalue weighted by atomic mass is 16.5. The van der Waals surface area contributed by atoms with Gasteiger partial charge in [0.2, 0.25) is 0 Å². The van der Waals surface area contributed by atoms with Crippen molar-refractivity contribution in [1.29, 1.82) is 0 Å². The molecule has 1 aliphatic heterocycles. The Hall–Kier alpha value is -3.86. The fraction of sp³-hybridized carbons (Fsp3) is 0.241. The number of anilines is 1. The molecule has 5 heteroatoms. The van der Waals surface area contributed by atoms with Crippen LogP contribution in [0.3, 0.4) is 0 Å². The summed E-state index contributed by atoms with van der Waals surface area (Å²) >= 11 is 0. The maximum Gasteiger partial charge on any atom is 0.300 e. The van der Waals surface area contributed by atoms with Gasteiger partial charge in [-0.05, 0) is 67.3 Å². The van der Waals surface area contributed by atoms with Crippen LogP contribution in [0.4, 0.5) is 5.69 Å². The first kappa shape index (κ1) is 23.3. The molecule has 0 radical (unpaired) electrons. The number of carbonyl (C=O) groups is 2. The Bertz CT molecular complexity index is 1210. The average Bonchev–Trinajstić information content (AvgIpc) is 3.10. The number of amides is 1. The Morgan fingerprint density at radius 2 is 1.47 bits per heavy atom. The smallest absolute Gasteiger partial charge is 0.300 e. The number of ether oxygens (including phenoxy) is 1. The first-order valence-corrected chi connectivity index (χ1v) is 11.5. The van der Waals surface area contributed by atoms with Crippen LogP contribution in [0.2, 0.25) is 0 Å². The van der Waals surface area contributed by atoms with E-state index < -0.39 is 17.7 Å². The van der Waals surface area contributed by atoms with Crippen molar-refractivity contribution in [3.05, 3.63) is 101 Å². The molecule has 1 saturated heterocycles. The van der Waals surface area contributed by atoms with Gasteiger partial charge in [0.15, 0.2) is 0 Å². The molecule has 1 heterocycles. The van der Waals surface area contributed by atoms with E-state index in [0.29, 0.717) is 22.9 Å². The lowest BCUT2D eigenvalue weighted by molar-refractivity contribution is -0.132. The van der Waals surface area contributed by atoms with Crippen LogP contribution in [-0.4, -0.2) is 22.9 Å². The Balaban J connectivity index is 1.82. The molecule has 1 N–H and O–H groups in total. The van der Waals surface area contributed by atoms with Crippen LogP contribution in [0.5, 0.6) is 5.75 Å². The van der Waals surface area contributed by atoms with E-state index in [2.05, 4.69) is 13.8 Å². The molecule has 0 bridgehead atoms. The SMILES string of the molecule is CC(C)Oc1ccc(/C(O)=C2\C(=O)C(=O)N(c3ccc(C(C)C)cc3)C2c2ccccc2)cc1. The molecule has 174 valence electrons. The van der Waals surface area contributed by atoms with Gasteiger partial charge in [-0.15, -0.1) is 0 Å². The van der Waals surface area contributed by atoms with Crippen LogP contribution in [0.1, 0.15) is 56.3 Å². The molecular formula is C29H29NO4. The standard InChI is InChI=1S/C29H29NO4/c1-18(2)20-10-14-23(15-11-20)30-26(21-8-6-5-7-9-21)25(28(32)29(30)33)27(31)22-12-16-24(17-13-22)34-19(3)4/h5-19,26,31H,1-4H3/b27-25+. The van der Waals surface area contributed by atoms with Crippen molar-refractivity contribution < 1.29 is 19.4 Å². The third-order valence-corrected chi connectivity index (χ3v) is 5.90. The summed E-state index contributed by atoms with van der Waals surface area (Å²) in [6.45, 7) is 8.07. The minimum absolute atomic E-state index is 0.0185. The largest absolute Gasteiger partial charge is 0.507 e.